The molecule has 0 saturated carbocycles. The van der Waals surface area contributed by atoms with Gasteiger partial charge >= 0.3 is 0 Å². The Hall–Kier alpha value is -1.80. The number of rotatable bonds is 3. The van der Waals surface area contributed by atoms with Crippen molar-refractivity contribution in [3.8, 4) is 5.75 Å². The van der Waals surface area contributed by atoms with Gasteiger partial charge in [0.15, 0.2) is 0 Å². The summed E-state index contributed by atoms with van der Waals surface area (Å²) in [7, 11) is 1.69. The fourth-order valence-corrected chi connectivity index (χ4v) is 2.18. The van der Waals surface area contributed by atoms with Gasteiger partial charge in [-0.05, 0) is 54.7 Å². The Kier molecular flexibility index (Phi) is 3.91. The number of benzene rings is 2. The molecule has 0 spiro atoms. The molecule has 2 aromatic carbocycles. The number of hydrogen-bond donors (Lipinski definition) is 1. The number of ether oxygens (including phenoxy) is 1. The van der Waals surface area contributed by atoms with E-state index in [1.165, 1.54) is 11.1 Å². The van der Waals surface area contributed by atoms with Crippen LogP contribution in [-0.4, -0.2) is 7.11 Å². The van der Waals surface area contributed by atoms with Gasteiger partial charge in [-0.15, -0.1) is 0 Å². The zero-order valence-electron chi connectivity index (χ0n) is 12.0. The summed E-state index contributed by atoms with van der Waals surface area (Å²) in [6, 6.07) is 12.4. The highest BCUT2D eigenvalue weighted by molar-refractivity contribution is 5.42. The van der Waals surface area contributed by atoms with Crippen LogP contribution in [0.15, 0.2) is 36.4 Å². The van der Waals surface area contributed by atoms with Crippen molar-refractivity contribution >= 4 is 0 Å². The van der Waals surface area contributed by atoms with Crippen LogP contribution in [0.3, 0.4) is 0 Å². The van der Waals surface area contributed by atoms with E-state index in [9.17, 15) is 0 Å². The minimum atomic E-state index is -0.117. The molecule has 0 aliphatic rings. The lowest BCUT2D eigenvalue weighted by Crippen LogP contribution is -2.12. The van der Waals surface area contributed by atoms with Gasteiger partial charge in [-0.2, -0.15) is 0 Å². The molecule has 100 valence electrons. The Morgan fingerprint density at radius 1 is 0.842 bits per heavy atom. The standard InChI is InChI=1S/C17H21NO/c1-11-5-7-14(9-13(11)3)17(18)15-8-6-12(2)16(10-15)19-4/h5-10,17H,18H2,1-4H3. The minimum absolute atomic E-state index is 0.117. The number of aryl methyl sites for hydroxylation is 3. The van der Waals surface area contributed by atoms with Crippen LogP contribution in [0.1, 0.15) is 33.9 Å². The molecule has 0 heterocycles. The zero-order chi connectivity index (χ0) is 14.0. The second-order valence-electron chi connectivity index (χ2n) is 5.05. The molecule has 2 nitrogen and oxygen atoms in total. The molecule has 19 heavy (non-hydrogen) atoms. The highest BCUT2D eigenvalue weighted by Crippen LogP contribution is 2.26. The molecule has 1 unspecified atom stereocenters. The highest BCUT2D eigenvalue weighted by atomic mass is 16.5. The molecule has 0 bridgehead atoms. The van der Waals surface area contributed by atoms with E-state index >= 15 is 0 Å². The monoisotopic (exact) mass is 255 g/mol. The van der Waals surface area contributed by atoms with Crippen molar-refractivity contribution in [1.82, 2.24) is 0 Å². The third-order valence-corrected chi connectivity index (χ3v) is 3.68. The van der Waals surface area contributed by atoms with E-state index in [0.717, 1.165) is 22.4 Å². The van der Waals surface area contributed by atoms with Gasteiger partial charge in [-0.1, -0.05) is 30.3 Å². The van der Waals surface area contributed by atoms with Gasteiger partial charge in [-0.3, -0.25) is 0 Å². The fourth-order valence-electron chi connectivity index (χ4n) is 2.18. The van der Waals surface area contributed by atoms with Gasteiger partial charge in [0.1, 0.15) is 5.75 Å². The highest BCUT2D eigenvalue weighted by Gasteiger charge is 2.11. The van der Waals surface area contributed by atoms with Crippen molar-refractivity contribution in [2.24, 2.45) is 5.73 Å². The van der Waals surface area contributed by atoms with Crippen LogP contribution in [0.5, 0.6) is 5.75 Å². The number of hydrogen-bond acceptors (Lipinski definition) is 2. The van der Waals surface area contributed by atoms with Crippen LogP contribution in [-0.2, 0) is 0 Å². The average Bonchev–Trinajstić information content (AvgIpc) is 2.41. The summed E-state index contributed by atoms with van der Waals surface area (Å²) < 4.78 is 5.36. The van der Waals surface area contributed by atoms with Crippen molar-refractivity contribution in [3.05, 3.63) is 64.2 Å². The van der Waals surface area contributed by atoms with E-state index in [0.29, 0.717) is 0 Å². The summed E-state index contributed by atoms with van der Waals surface area (Å²) in [4.78, 5) is 0. The van der Waals surface area contributed by atoms with Crippen LogP contribution >= 0.6 is 0 Å². The first-order chi connectivity index (χ1) is 9.02. The molecule has 0 aliphatic heterocycles. The van der Waals surface area contributed by atoms with E-state index in [4.69, 9.17) is 10.5 Å². The third kappa shape index (κ3) is 2.79. The van der Waals surface area contributed by atoms with Gasteiger partial charge in [-0.25, -0.2) is 0 Å². The van der Waals surface area contributed by atoms with Gasteiger partial charge in [0.05, 0.1) is 13.2 Å². The normalized spacial score (nSPS) is 12.3. The lowest BCUT2D eigenvalue weighted by atomic mass is 9.95. The second-order valence-corrected chi connectivity index (χ2v) is 5.05. The van der Waals surface area contributed by atoms with Crippen LogP contribution in [0.2, 0.25) is 0 Å². The van der Waals surface area contributed by atoms with Crippen LogP contribution in [0.4, 0.5) is 0 Å². The molecule has 0 saturated heterocycles. The molecule has 2 aromatic rings. The Balaban J connectivity index is 2.37. The van der Waals surface area contributed by atoms with E-state index in [1.54, 1.807) is 7.11 Å². The molecule has 0 fully saturated rings. The van der Waals surface area contributed by atoms with Crippen molar-refractivity contribution < 1.29 is 4.74 Å². The summed E-state index contributed by atoms with van der Waals surface area (Å²) in [5, 5.41) is 0. The molecule has 0 radical (unpaired) electrons. The Labute approximate surface area is 115 Å². The molecule has 1 atom stereocenters. The van der Waals surface area contributed by atoms with Crippen molar-refractivity contribution in [1.29, 1.82) is 0 Å². The molecule has 0 aliphatic carbocycles. The van der Waals surface area contributed by atoms with Crippen LogP contribution in [0.25, 0.3) is 0 Å². The predicted octanol–water partition coefficient (Wildman–Crippen LogP) is 3.67. The number of nitrogens with two attached hydrogens (primary N) is 1. The van der Waals surface area contributed by atoms with Gasteiger partial charge < -0.3 is 10.5 Å². The molecule has 0 aromatic heterocycles. The SMILES string of the molecule is COc1cc(C(N)c2ccc(C)c(C)c2)ccc1C. The van der Waals surface area contributed by atoms with Crippen molar-refractivity contribution in [2.45, 2.75) is 26.8 Å². The van der Waals surface area contributed by atoms with E-state index in [1.807, 2.05) is 13.0 Å². The molecule has 2 rings (SSSR count). The minimum Gasteiger partial charge on any atom is -0.496 e. The van der Waals surface area contributed by atoms with Gasteiger partial charge in [0.2, 0.25) is 0 Å². The summed E-state index contributed by atoms with van der Waals surface area (Å²) >= 11 is 0. The van der Waals surface area contributed by atoms with Gasteiger partial charge in [0.25, 0.3) is 0 Å². The zero-order valence-corrected chi connectivity index (χ0v) is 12.0. The second kappa shape index (κ2) is 5.45. The Morgan fingerprint density at radius 3 is 2.00 bits per heavy atom. The fraction of sp³-hybridized carbons (Fsp3) is 0.294. The third-order valence-electron chi connectivity index (χ3n) is 3.68. The maximum absolute atomic E-state index is 6.35. The predicted molar refractivity (Wildman–Crippen MR) is 79.7 cm³/mol. The maximum atomic E-state index is 6.35. The first-order valence-electron chi connectivity index (χ1n) is 6.50. The molecular weight excluding hydrogens is 234 g/mol. The van der Waals surface area contributed by atoms with Crippen molar-refractivity contribution in [2.75, 3.05) is 7.11 Å². The van der Waals surface area contributed by atoms with Gasteiger partial charge in [0, 0.05) is 0 Å². The number of methoxy groups -OCH3 is 1. The topological polar surface area (TPSA) is 35.2 Å². The van der Waals surface area contributed by atoms with E-state index < -0.39 is 0 Å². The lowest BCUT2D eigenvalue weighted by molar-refractivity contribution is 0.411. The first kappa shape index (κ1) is 13.6. The Bertz CT molecular complexity index is 590. The molecule has 2 heteroatoms. The van der Waals surface area contributed by atoms with Crippen LogP contribution < -0.4 is 10.5 Å². The molecule has 2 N–H and O–H groups in total. The van der Waals surface area contributed by atoms with Crippen LogP contribution in [0, 0.1) is 20.8 Å². The largest absolute Gasteiger partial charge is 0.496 e. The van der Waals surface area contributed by atoms with Crippen molar-refractivity contribution in [3.63, 3.8) is 0 Å². The van der Waals surface area contributed by atoms with E-state index in [2.05, 4.69) is 44.2 Å². The quantitative estimate of drug-likeness (QED) is 0.908. The van der Waals surface area contributed by atoms with E-state index in [-0.39, 0.29) is 6.04 Å². The summed E-state index contributed by atoms with van der Waals surface area (Å²) in [5.41, 5.74) is 12.2. The molecular formula is C17H21NO. The maximum Gasteiger partial charge on any atom is 0.122 e. The lowest BCUT2D eigenvalue weighted by Gasteiger charge is -2.16. The summed E-state index contributed by atoms with van der Waals surface area (Å²) in [6.07, 6.45) is 0. The smallest absolute Gasteiger partial charge is 0.122 e. The summed E-state index contributed by atoms with van der Waals surface area (Å²) in [6.45, 7) is 6.25. The average molecular weight is 255 g/mol. The summed E-state index contributed by atoms with van der Waals surface area (Å²) in [5.74, 6) is 0.886. The molecule has 0 amide bonds. The Morgan fingerprint density at radius 2 is 1.42 bits per heavy atom. The first-order valence-corrected chi connectivity index (χ1v) is 6.50.